The van der Waals surface area contributed by atoms with Crippen LogP contribution in [0, 0.1) is 11.3 Å². The number of carbonyl (C=O) groups excluding carboxylic acids is 1. The number of amides is 1. The van der Waals surface area contributed by atoms with E-state index in [1.165, 1.54) is 0 Å². The highest BCUT2D eigenvalue weighted by Gasteiger charge is 2.26. The zero-order valence-electron chi connectivity index (χ0n) is 23.0. The van der Waals surface area contributed by atoms with E-state index in [1.807, 2.05) is 71.7 Å². The molecule has 1 aliphatic rings. The topological polar surface area (TPSA) is 100 Å². The van der Waals surface area contributed by atoms with Gasteiger partial charge in [0.2, 0.25) is 6.41 Å². The van der Waals surface area contributed by atoms with Crippen molar-refractivity contribution in [1.29, 1.82) is 5.26 Å². The molecule has 3 aromatic carbocycles. The van der Waals surface area contributed by atoms with Gasteiger partial charge in [-0.1, -0.05) is 18.2 Å². The number of ether oxygens (including phenoxy) is 4. The van der Waals surface area contributed by atoms with E-state index in [0.717, 1.165) is 28.9 Å². The first-order valence-electron chi connectivity index (χ1n) is 13.2. The number of hydrazine groups is 1. The molecule has 0 bridgehead atoms. The Labute approximate surface area is 238 Å². The number of fused-ring (bicyclic) bond motifs is 1. The van der Waals surface area contributed by atoms with E-state index in [0.29, 0.717) is 67.7 Å². The van der Waals surface area contributed by atoms with Crippen molar-refractivity contribution in [3.63, 3.8) is 0 Å². The predicted molar refractivity (Wildman–Crippen MR) is 156 cm³/mol. The first-order valence-corrected chi connectivity index (χ1v) is 13.2. The number of nitriles is 1. The molecule has 0 saturated carbocycles. The number of pyridine rings is 1. The van der Waals surface area contributed by atoms with Crippen LogP contribution in [0.4, 0.5) is 11.4 Å². The molecule has 1 saturated heterocycles. The van der Waals surface area contributed by atoms with Gasteiger partial charge in [0.05, 0.1) is 36.2 Å². The summed E-state index contributed by atoms with van der Waals surface area (Å²) in [5.41, 5.74) is 2.70. The number of hydrogen-bond donors (Lipinski definition) is 0. The fraction of sp³-hybridized carbons (Fsp3) is 0.258. The summed E-state index contributed by atoms with van der Waals surface area (Å²) in [5.74, 6) is 2.55. The van der Waals surface area contributed by atoms with Crippen molar-refractivity contribution in [2.75, 3.05) is 63.5 Å². The van der Waals surface area contributed by atoms with Crippen LogP contribution in [-0.2, 0) is 9.53 Å². The molecule has 5 rings (SSSR count). The number of rotatable bonds is 11. The molecule has 0 radical (unpaired) electrons. The lowest BCUT2D eigenvalue weighted by atomic mass is 10.1. The number of aromatic nitrogens is 1. The monoisotopic (exact) mass is 553 g/mol. The largest absolute Gasteiger partial charge is 0.493 e. The molecule has 0 unspecified atom stereocenters. The zero-order chi connectivity index (χ0) is 28.6. The van der Waals surface area contributed by atoms with Gasteiger partial charge in [0.25, 0.3) is 0 Å². The van der Waals surface area contributed by atoms with Crippen LogP contribution < -0.4 is 24.1 Å². The Morgan fingerprint density at radius 2 is 1.68 bits per heavy atom. The van der Waals surface area contributed by atoms with Gasteiger partial charge in [-0.25, -0.2) is 10.0 Å². The lowest BCUT2D eigenvalue weighted by molar-refractivity contribution is -0.110. The number of nitrogens with zero attached hydrogens (tertiary/aromatic N) is 5. The number of carbonyl (C=O) groups is 1. The first kappa shape index (κ1) is 27.7. The Balaban J connectivity index is 1.33. The van der Waals surface area contributed by atoms with E-state index in [-0.39, 0.29) is 0 Å². The SMILES string of the molecule is COCCOc1cc2ncc(C#N)c(N3CCN(N(C=O)c4ccc(Oc5ccccc5)cc4)CC3)c2cc1OC. The van der Waals surface area contributed by atoms with E-state index in [4.69, 9.17) is 18.9 Å². The highest BCUT2D eigenvalue weighted by Crippen LogP contribution is 2.38. The van der Waals surface area contributed by atoms with Gasteiger partial charge in [-0.05, 0) is 42.5 Å². The van der Waals surface area contributed by atoms with Crippen LogP contribution >= 0.6 is 0 Å². The second-order valence-electron chi connectivity index (χ2n) is 9.29. The Kier molecular flexibility index (Phi) is 8.79. The number of methoxy groups -OCH3 is 2. The van der Waals surface area contributed by atoms with Gasteiger partial charge in [0.15, 0.2) is 11.5 Å². The summed E-state index contributed by atoms with van der Waals surface area (Å²) in [4.78, 5) is 18.8. The smallest absolute Gasteiger partial charge is 0.228 e. The maximum Gasteiger partial charge on any atom is 0.228 e. The van der Waals surface area contributed by atoms with Crippen LogP contribution in [0.3, 0.4) is 0 Å². The summed E-state index contributed by atoms with van der Waals surface area (Å²) >= 11 is 0. The first-order chi connectivity index (χ1) is 20.1. The average Bonchev–Trinajstić information content (AvgIpc) is 3.02. The van der Waals surface area contributed by atoms with Gasteiger partial charge < -0.3 is 23.8 Å². The van der Waals surface area contributed by atoms with Crippen molar-refractivity contribution < 1.29 is 23.7 Å². The highest BCUT2D eigenvalue weighted by molar-refractivity contribution is 5.96. The summed E-state index contributed by atoms with van der Waals surface area (Å²) in [7, 11) is 3.20. The molecule has 0 atom stereocenters. The van der Waals surface area contributed by atoms with Crippen molar-refractivity contribution in [1.82, 2.24) is 9.99 Å². The maximum absolute atomic E-state index is 12.2. The molecule has 0 N–H and O–H groups in total. The molecule has 41 heavy (non-hydrogen) atoms. The van der Waals surface area contributed by atoms with Crippen molar-refractivity contribution >= 4 is 28.7 Å². The summed E-state index contributed by atoms with van der Waals surface area (Å²) < 4.78 is 22.4. The number of anilines is 2. The quantitative estimate of drug-likeness (QED) is 0.194. The predicted octanol–water partition coefficient (Wildman–Crippen LogP) is 4.63. The Hall–Kier alpha value is -4.85. The average molecular weight is 554 g/mol. The summed E-state index contributed by atoms with van der Waals surface area (Å²) in [6.45, 7) is 3.17. The molecule has 1 amide bonds. The van der Waals surface area contributed by atoms with Gasteiger partial charge in [-0.15, -0.1) is 0 Å². The molecule has 10 heteroatoms. The van der Waals surface area contributed by atoms with Crippen molar-refractivity contribution in [3.8, 4) is 29.1 Å². The third kappa shape index (κ3) is 6.17. The Morgan fingerprint density at radius 1 is 0.951 bits per heavy atom. The molecule has 10 nitrogen and oxygen atoms in total. The number of para-hydroxylation sites is 1. The second-order valence-corrected chi connectivity index (χ2v) is 9.29. The Bertz CT molecular complexity index is 1520. The molecular weight excluding hydrogens is 522 g/mol. The Morgan fingerprint density at radius 3 is 2.34 bits per heavy atom. The molecule has 1 aliphatic heterocycles. The van der Waals surface area contributed by atoms with Crippen LogP contribution in [0.15, 0.2) is 72.9 Å². The zero-order valence-corrected chi connectivity index (χ0v) is 23.0. The minimum absolute atomic E-state index is 0.374. The molecule has 0 spiro atoms. The van der Waals surface area contributed by atoms with Crippen LogP contribution in [0.2, 0.25) is 0 Å². The molecule has 0 aliphatic carbocycles. The van der Waals surface area contributed by atoms with Crippen molar-refractivity contribution in [2.45, 2.75) is 0 Å². The molecule has 4 aromatic rings. The summed E-state index contributed by atoms with van der Waals surface area (Å²) in [6.07, 6.45) is 2.41. The molecule has 1 aromatic heterocycles. The van der Waals surface area contributed by atoms with Gasteiger partial charge in [-0.3, -0.25) is 9.78 Å². The van der Waals surface area contributed by atoms with Gasteiger partial charge in [0.1, 0.15) is 24.2 Å². The number of hydrogen-bond acceptors (Lipinski definition) is 9. The van der Waals surface area contributed by atoms with Gasteiger partial charge >= 0.3 is 0 Å². The van der Waals surface area contributed by atoms with Crippen LogP contribution in [0.25, 0.3) is 10.9 Å². The molecular formula is C31H31N5O5. The fourth-order valence-electron chi connectivity index (χ4n) is 4.83. The fourth-order valence-corrected chi connectivity index (χ4v) is 4.83. The third-order valence-electron chi connectivity index (χ3n) is 6.85. The number of piperazine rings is 1. The lowest BCUT2D eigenvalue weighted by Crippen LogP contribution is -2.54. The molecule has 1 fully saturated rings. The highest BCUT2D eigenvalue weighted by atomic mass is 16.5. The van der Waals surface area contributed by atoms with E-state index >= 15 is 0 Å². The van der Waals surface area contributed by atoms with E-state index < -0.39 is 0 Å². The normalized spacial score (nSPS) is 13.4. The van der Waals surface area contributed by atoms with Gasteiger partial charge in [-0.2, -0.15) is 5.26 Å². The van der Waals surface area contributed by atoms with Crippen molar-refractivity contribution in [3.05, 3.63) is 78.5 Å². The number of benzene rings is 3. The lowest BCUT2D eigenvalue weighted by Gasteiger charge is -2.40. The minimum Gasteiger partial charge on any atom is -0.493 e. The van der Waals surface area contributed by atoms with Crippen LogP contribution in [-0.4, -0.2) is 70.0 Å². The summed E-state index contributed by atoms with van der Waals surface area (Å²) in [6, 6.07) is 22.9. The minimum atomic E-state index is 0.374. The van der Waals surface area contributed by atoms with E-state index in [2.05, 4.69) is 16.0 Å². The van der Waals surface area contributed by atoms with Crippen LogP contribution in [0.5, 0.6) is 23.0 Å². The maximum atomic E-state index is 12.2. The third-order valence-corrected chi connectivity index (χ3v) is 6.85. The molecule has 2 heterocycles. The molecule has 210 valence electrons. The second kappa shape index (κ2) is 13.0. The van der Waals surface area contributed by atoms with E-state index in [1.54, 1.807) is 25.4 Å². The van der Waals surface area contributed by atoms with Crippen molar-refractivity contribution in [2.24, 2.45) is 0 Å². The standard InChI is InChI=1S/C31H31N5O5/c1-38-16-17-40-30-19-28-27(18-29(30)39-2)31(23(20-32)21-33-28)34-12-14-35(15-13-34)36(22-37)24-8-10-26(11-9-24)41-25-6-4-3-5-7-25/h3-11,18-19,21-22H,12-17H2,1-2H3. The van der Waals surface area contributed by atoms with Crippen LogP contribution in [0.1, 0.15) is 5.56 Å². The van der Waals surface area contributed by atoms with Gasteiger partial charge in [0, 0.05) is 50.9 Å². The summed E-state index contributed by atoms with van der Waals surface area (Å²) in [5, 5.41) is 14.3. The van der Waals surface area contributed by atoms with E-state index in [9.17, 15) is 10.1 Å².